The second-order valence-corrected chi connectivity index (χ2v) is 5.33. The third-order valence-electron chi connectivity index (χ3n) is 3.98. The van der Waals surface area contributed by atoms with Gasteiger partial charge in [0, 0.05) is 6.54 Å². The maximum atomic E-state index is 2.61. The third kappa shape index (κ3) is 2.73. The first-order valence-electron chi connectivity index (χ1n) is 7.12. The second kappa shape index (κ2) is 5.53. The van der Waals surface area contributed by atoms with Crippen molar-refractivity contribution >= 4 is 10.8 Å². The molecule has 0 radical (unpaired) electrons. The van der Waals surface area contributed by atoms with E-state index in [9.17, 15) is 0 Å². The van der Waals surface area contributed by atoms with Gasteiger partial charge in [0.2, 0.25) is 0 Å². The van der Waals surface area contributed by atoms with Gasteiger partial charge >= 0.3 is 0 Å². The van der Waals surface area contributed by atoms with Gasteiger partial charge in [-0.25, -0.2) is 0 Å². The van der Waals surface area contributed by atoms with Crippen LogP contribution in [0.1, 0.15) is 24.8 Å². The molecule has 0 unspecified atom stereocenters. The molecular formula is C17H21N. The van der Waals surface area contributed by atoms with Gasteiger partial charge < -0.3 is 4.90 Å². The van der Waals surface area contributed by atoms with Crippen LogP contribution in [-0.4, -0.2) is 24.5 Å². The summed E-state index contributed by atoms with van der Waals surface area (Å²) in [6, 6.07) is 15.5. The van der Waals surface area contributed by atoms with Crippen LogP contribution in [0, 0.1) is 0 Å². The van der Waals surface area contributed by atoms with Crippen molar-refractivity contribution in [2.45, 2.75) is 25.7 Å². The quantitative estimate of drug-likeness (QED) is 0.786. The number of benzene rings is 2. The van der Waals surface area contributed by atoms with Gasteiger partial charge in [0.25, 0.3) is 0 Å². The van der Waals surface area contributed by atoms with Crippen molar-refractivity contribution in [3.63, 3.8) is 0 Å². The van der Waals surface area contributed by atoms with Gasteiger partial charge in [-0.1, -0.05) is 48.9 Å². The fraction of sp³-hybridized carbons (Fsp3) is 0.412. The van der Waals surface area contributed by atoms with E-state index in [1.807, 2.05) is 0 Å². The zero-order chi connectivity index (χ0) is 12.2. The molecule has 1 aliphatic heterocycles. The van der Waals surface area contributed by atoms with Crippen LogP contribution in [0.3, 0.4) is 0 Å². The molecule has 1 aliphatic rings. The van der Waals surface area contributed by atoms with Crippen molar-refractivity contribution in [2.75, 3.05) is 19.6 Å². The Labute approximate surface area is 109 Å². The normalized spacial score (nSPS) is 17.1. The summed E-state index contributed by atoms with van der Waals surface area (Å²) in [6.45, 7) is 3.82. The Bertz CT molecular complexity index is 512. The molecule has 1 heterocycles. The summed E-state index contributed by atoms with van der Waals surface area (Å²) in [7, 11) is 0. The summed E-state index contributed by atoms with van der Waals surface area (Å²) < 4.78 is 0. The molecule has 2 aromatic rings. The van der Waals surface area contributed by atoms with E-state index in [1.165, 1.54) is 61.7 Å². The maximum absolute atomic E-state index is 2.61. The maximum Gasteiger partial charge on any atom is 0.00218 e. The Morgan fingerprint density at radius 1 is 0.833 bits per heavy atom. The van der Waals surface area contributed by atoms with Gasteiger partial charge in [-0.15, -0.1) is 0 Å². The summed E-state index contributed by atoms with van der Waals surface area (Å²) >= 11 is 0. The highest BCUT2D eigenvalue weighted by atomic mass is 15.1. The van der Waals surface area contributed by atoms with E-state index in [1.54, 1.807) is 0 Å². The lowest BCUT2D eigenvalue weighted by Gasteiger charge is -2.26. The van der Waals surface area contributed by atoms with Crippen molar-refractivity contribution in [1.29, 1.82) is 0 Å². The molecule has 1 fully saturated rings. The summed E-state index contributed by atoms with van der Waals surface area (Å²) in [5.41, 5.74) is 1.47. The second-order valence-electron chi connectivity index (χ2n) is 5.33. The zero-order valence-electron chi connectivity index (χ0n) is 10.9. The largest absolute Gasteiger partial charge is 0.303 e. The van der Waals surface area contributed by atoms with Gasteiger partial charge in [0.1, 0.15) is 0 Å². The third-order valence-corrected chi connectivity index (χ3v) is 3.98. The minimum absolute atomic E-state index is 1.19. The predicted octanol–water partition coefficient (Wildman–Crippen LogP) is 3.87. The number of likely N-dealkylation sites (tertiary alicyclic amines) is 1. The first kappa shape index (κ1) is 11.7. The molecule has 0 N–H and O–H groups in total. The fourth-order valence-corrected chi connectivity index (χ4v) is 2.86. The van der Waals surface area contributed by atoms with Crippen molar-refractivity contribution in [2.24, 2.45) is 0 Å². The number of hydrogen-bond donors (Lipinski definition) is 0. The molecule has 1 nitrogen and oxygen atoms in total. The summed E-state index contributed by atoms with van der Waals surface area (Å²) in [5.74, 6) is 0. The van der Waals surface area contributed by atoms with Crippen LogP contribution in [-0.2, 0) is 6.42 Å². The van der Waals surface area contributed by atoms with Crippen molar-refractivity contribution in [1.82, 2.24) is 4.90 Å². The molecule has 2 aromatic carbocycles. The van der Waals surface area contributed by atoms with Gasteiger partial charge in [-0.05, 0) is 48.7 Å². The molecule has 1 heteroatoms. The van der Waals surface area contributed by atoms with E-state index in [0.29, 0.717) is 0 Å². The van der Waals surface area contributed by atoms with Gasteiger partial charge in [0.15, 0.2) is 0 Å². The molecule has 0 aromatic heterocycles. The average Bonchev–Trinajstić information content (AvgIpc) is 2.46. The molecule has 0 amide bonds. The van der Waals surface area contributed by atoms with E-state index >= 15 is 0 Å². The van der Waals surface area contributed by atoms with Crippen LogP contribution in [0.4, 0.5) is 0 Å². The van der Waals surface area contributed by atoms with Crippen LogP contribution in [0.5, 0.6) is 0 Å². The fourth-order valence-electron chi connectivity index (χ4n) is 2.86. The molecule has 3 rings (SSSR count). The minimum Gasteiger partial charge on any atom is -0.303 e. The predicted molar refractivity (Wildman–Crippen MR) is 77.9 cm³/mol. The van der Waals surface area contributed by atoms with Crippen molar-refractivity contribution in [3.05, 3.63) is 48.0 Å². The highest BCUT2D eigenvalue weighted by molar-refractivity contribution is 5.82. The first-order chi connectivity index (χ1) is 8.92. The smallest absolute Gasteiger partial charge is 0.00218 e. The molecule has 0 spiro atoms. The number of piperidine rings is 1. The molecule has 18 heavy (non-hydrogen) atoms. The van der Waals surface area contributed by atoms with E-state index < -0.39 is 0 Å². The van der Waals surface area contributed by atoms with Crippen LogP contribution in [0.2, 0.25) is 0 Å². The molecular weight excluding hydrogens is 218 g/mol. The molecule has 0 atom stereocenters. The number of nitrogens with zero attached hydrogens (tertiary/aromatic N) is 1. The van der Waals surface area contributed by atoms with E-state index in [4.69, 9.17) is 0 Å². The SMILES string of the molecule is c1ccc2cc(CCN3CCCCC3)ccc2c1. The van der Waals surface area contributed by atoms with E-state index in [-0.39, 0.29) is 0 Å². The first-order valence-corrected chi connectivity index (χ1v) is 7.12. The standard InChI is InChI=1S/C17H21N/c1-4-11-18(12-5-1)13-10-15-8-9-16-6-2-3-7-17(16)14-15/h2-3,6-9,14H,1,4-5,10-13H2. The topological polar surface area (TPSA) is 3.24 Å². The van der Waals surface area contributed by atoms with E-state index in [2.05, 4.69) is 47.4 Å². The Balaban J connectivity index is 1.66. The van der Waals surface area contributed by atoms with Crippen LogP contribution in [0.25, 0.3) is 10.8 Å². The highest BCUT2D eigenvalue weighted by Crippen LogP contribution is 2.17. The molecule has 0 saturated carbocycles. The molecule has 0 aliphatic carbocycles. The lowest BCUT2D eigenvalue weighted by molar-refractivity contribution is 0.231. The zero-order valence-corrected chi connectivity index (χ0v) is 10.9. The van der Waals surface area contributed by atoms with Crippen LogP contribution < -0.4 is 0 Å². The van der Waals surface area contributed by atoms with Crippen molar-refractivity contribution in [3.8, 4) is 0 Å². The summed E-state index contributed by atoms with van der Waals surface area (Å²) in [5, 5.41) is 2.72. The number of fused-ring (bicyclic) bond motifs is 1. The number of hydrogen-bond acceptors (Lipinski definition) is 1. The van der Waals surface area contributed by atoms with Gasteiger partial charge in [0.05, 0.1) is 0 Å². The lowest BCUT2D eigenvalue weighted by atomic mass is 10.0. The van der Waals surface area contributed by atoms with Crippen molar-refractivity contribution < 1.29 is 0 Å². The molecule has 0 bridgehead atoms. The highest BCUT2D eigenvalue weighted by Gasteiger charge is 2.09. The Hall–Kier alpha value is -1.34. The van der Waals surface area contributed by atoms with Crippen LogP contribution in [0.15, 0.2) is 42.5 Å². The minimum atomic E-state index is 1.19. The van der Waals surface area contributed by atoms with E-state index in [0.717, 1.165) is 0 Å². The Kier molecular flexibility index (Phi) is 3.61. The van der Waals surface area contributed by atoms with Crippen LogP contribution >= 0.6 is 0 Å². The average molecular weight is 239 g/mol. The number of rotatable bonds is 3. The molecule has 1 saturated heterocycles. The summed E-state index contributed by atoms with van der Waals surface area (Å²) in [6.07, 6.45) is 5.38. The monoisotopic (exact) mass is 239 g/mol. The Morgan fingerprint density at radius 3 is 2.44 bits per heavy atom. The lowest BCUT2D eigenvalue weighted by Crippen LogP contribution is -2.31. The molecule has 94 valence electrons. The Morgan fingerprint density at radius 2 is 1.61 bits per heavy atom. The van der Waals surface area contributed by atoms with Gasteiger partial charge in [-0.2, -0.15) is 0 Å². The van der Waals surface area contributed by atoms with Gasteiger partial charge in [-0.3, -0.25) is 0 Å². The summed E-state index contributed by atoms with van der Waals surface area (Å²) in [4.78, 5) is 2.61.